The highest BCUT2D eigenvalue weighted by Gasteiger charge is 2.15. The summed E-state index contributed by atoms with van der Waals surface area (Å²) in [5, 5.41) is 8.46. The average molecular weight is 386 g/mol. The van der Waals surface area contributed by atoms with Gasteiger partial charge in [-0.3, -0.25) is 0 Å². The van der Waals surface area contributed by atoms with Crippen molar-refractivity contribution in [2.45, 2.75) is 6.54 Å². The van der Waals surface area contributed by atoms with Crippen molar-refractivity contribution in [3.8, 4) is 17.4 Å². The average Bonchev–Trinajstić information content (AvgIpc) is 3.38. The molecule has 0 bridgehead atoms. The predicted molar refractivity (Wildman–Crippen MR) is 99.4 cm³/mol. The Kier molecular flexibility index (Phi) is 3.65. The zero-order valence-corrected chi connectivity index (χ0v) is 14.9. The lowest BCUT2D eigenvalue weighted by Gasteiger charge is -2.09. The Morgan fingerprint density at radius 2 is 2.12 bits per heavy atom. The molecule has 5 rings (SSSR count). The van der Waals surface area contributed by atoms with Gasteiger partial charge in [-0.1, -0.05) is 17.7 Å². The summed E-state index contributed by atoms with van der Waals surface area (Å²) >= 11 is 7.60. The van der Waals surface area contributed by atoms with Gasteiger partial charge < -0.3 is 14.8 Å². The molecule has 3 aromatic heterocycles. The zero-order chi connectivity index (χ0) is 17.5. The fourth-order valence-corrected chi connectivity index (χ4v) is 3.82. The largest absolute Gasteiger partial charge is 0.454 e. The number of rotatable bonds is 4. The van der Waals surface area contributed by atoms with E-state index in [1.807, 2.05) is 30.3 Å². The lowest BCUT2D eigenvalue weighted by Crippen LogP contribution is -2.07. The lowest BCUT2D eigenvalue weighted by atomic mass is 10.2. The van der Waals surface area contributed by atoms with E-state index >= 15 is 0 Å². The SMILES string of the molecule is Clc1cc2c(NCc3ccc4c(c3)OCO4)nc(-n3cccn3)nc2s1. The molecule has 0 atom stereocenters. The molecular weight excluding hydrogens is 374 g/mol. The second-order valence-corrected chi connectivity index (χ2v) is 7.30. The molecule has 0 saturated carbocycles. The van der Waals surface area contributed by atoms with Crippen molar-refractivity contribution in [3.05, 3.63) is 52.6 Å². The van der Waals surface area contributed by atoms with Crippen LogP contribution in [0.2, 0.25) is 4.34 Å². The molecule has 1 aliphatic rings. The van der Waals surface area contributed by atoms with Gasteiger partial charge in [-0.2, -0.15) is 15.1 Å². The molecule has 26 heavy (non-hydrogen) atoms. The Morgan fingerprint density at radius 3 is 3.00 bits per heavy atom. The summed E-state index contributed by atoms with van der Waals surface area (Å²) < 4.78 is 13.1. The number of ether oxygens (including phenoxy) is 2. The maximum atomic E-state index is 6.18. The lowest BCUT2D eigenvalue weighted by molar-refractivity contribution is 0.174. The van der Waals surface area contributed by atoms with Crippen molar-refractivity contribution in [1.82, 2.24) is 19.7 Å². The molecule has 1 aliphatic heterocycles. The number of nitrogens with one attached hydrogen (secondary N) is 1. The molecule has 0 radical (unpaired) electrons. The quantitative estimate of drug-likeness (QED) is 0.574. The van der Waals surface area contributed by atoms with E-state index in [0.29, 0.717) is 22.6 Å². The Hall–Kier alpha value is -2.84. The Morgan fingerprint density at radius 1 is 1.19 bits per heavy atom. The summed E-state index contributed by atoms with van der Waals surface area (Å²) in [6.07, 6.45) is 3.49. The summed E-state index contributed by atoms with van der Waals surface area (Å²) in [6.45, 7) is 0.841. The van der Waals surface area contributed by atoms with Gasteiger partial charge in [0.25, 0.3) is 5.95 Å². The molecule has 1 aromatic carbocycles. The molecule has 4 aromatic rings. The molecule has 0 aliphatic carbocycles. The number of anilines is 1. The first-order valence-electron chi connectivity index (χ1n) is 7.86. The fourth-order valence-electron chi connectivity index (χ4n) is 2.74. The molecule has 4 heterocycles. The molecule has 0 unspecified atom stereocenters. The third kappa shape index (κ3) is 2.73. The van der Waals surface area contributed by atoms with Crippen LogP contribution in [-0.2, 0) is 6.54 Å². The van der Waals surface area contributed by atoms with E-state index in [0.717, 1.165) is 27.3 Å². The highest BCUT2D eigenvalue weighted by molar-refractivity contribution is 7.22. The van der Waals surface area contributed by atoms with Crippen LogP contribution in [-0.4, -0.2) is 26.5 Å². The first kappa shape index (κ1) is 15.4. The zero-order valence-electron chi connectivity index (χ0n) is 13.3. The monoisotopic (exact) mass is 385 g/mol. The van der Waals surface area contributed by atoms with Crippen LogP contribution in [0.15, 0.2) is 42.7 Å². The first-order valence-corrected chi connectivity index (χ1v) is 9.05. The maximum Gasteiger partial charge on any atom is 0.253 e. The van der Waals surface area contributed by atoms with E-state index in [1.165, 1.54) is 11.3 Å². The van der Waals surface area contributed by atoms with E-state index in [1.54, 1.807) is 17.1 Å². The molecule has 0 saturated heterocycles. The van der Waals surface area contributed by atoms with Gasteiger partial charge in [-0.25, -0.2) is 4.68 Å². The Balaban J connectivity index is 1.49. The van der Waals surface area contributed by atoms with Crippen molar-refractivity contribution in [3.63, 3.8) is 0 Å². The standard InChI is InChI=1S/C17H12ClN5O2S/c18-14-7-11-15(19-8-10-2-3-12-13(6-10)25-9-24-12)21-17(22-16(11)26-14)23-5-1-4-20-23/h1-7H,8-9H2,(H,19,21,22). The van der Waals surface area contributed by atoms with Gasteiger partial charge in [0.2, 0.25) is 6.79 Å². The van der Waals surface area contributed by atoms with E-state index in [2.05, 4.69) is 20.4 Å². The minimum atomic E-state index is 0.263. The molecule has 130 valence electrons. The smallest absolute Gasteiger partial charge is 0.253 e. The molecule has 1 N–H and O–H groups in total. The molecule has 0 amide bonds. The van der Waals surface area contributed by atoms with Crippen LogP contribution in [0.3, 0.4) is 0 Å². The van der Waals surface area contributed by atoms with Crippen LogP contribution in [0.1, 0.15) is 5.56 Å². The number of hydrogen-bond acceptors (Lipinski definition) is 7. The number of hydrogen-bond donors (Lipinski definition) is 1. The van der Waals surface area contributed by atoms with Gasteiger partial charge >= 0.3 is 0 Å². The summed E-state index contributed by atoms with van der Waals surface area (Å²) in [5.41, 5.74) is 1.06. The van der Waals surface area contributed by atoms with Crippen LogP contribution < -0.4 is 14.8 Å². The number of fused-ring (bicyclic) bond motifs is 2. The summed E-state index contributed by atoms with van der Waals surface area (Å²) in [7, 11) is 0. The number of nitrogens with zero attached hydrogens (tertiary/aromatic N) is 4. The number of thiophene rings is 1. The van der Waals surface area contributed by atoms with Crippen molar-refractivity contribution in [1.29, 1.82) is 0 Å². The van der Waals surface area contributed by atoms with E-state index in [-0.39, 0.29) is 6.79 Å². The minimum Gasteiger partial charge on any atom is -0.454 e. The van der Waals surface area contributed by atoms with Crippen molar-refractivity contribution < 1.29 is 9.47 Å². The number of benzene rings is 1. The fraction of sp³-hybridized carbons (Fsp3) is 0.118. The van der Waals surface area contributed by atoms with Crippen molar-refractivity contribution >= 4 is 39.0 Å². The summed E-state index contributed by atoms with van der Waals surface area (Å²) in [4.78, 5) is 9.97. The van der Waals surface area contributed by atoms with Crippen LogP contribution in [0.25, 0.3) is 16.2 Å². The van der Waals surface area contributed by atoms with E-state index in [4.69, 9.17) is 21.1 Å². The molecular formula is C17H12ClN5O2S. The summed E-state index contributed by atoms with van der Waals surface area (Å²) in [6, 6.07) is 9.56. The number of aromatic nitrogens is 4. The molecule has 9 heteroatoms. The van der Waals surface area contributed by atoms with Crippen LogP contribution >= 0.6 is 22.9 Å². The Bertz CT molecular complexity index is 1100. The normalized spacial score (nSPS) is 12.7. The Labute approximate surface area is 157 Å². The molecule has 0 spiro atoms. The van der Waals surface area contributed by atoms with Gasteiger partial charge in [0.15, 0.2) is 11.5 Å². The third-order valence-corrected chi connectivity index (χ3v) is 5.12. The van der Waals surface area contributed by atoms with Crippen molar-refractivity contribution in [2.75, 3.05) is 12.1 Å². The maximum absolute atomic E-state index is 6.18. The van der Waals surface area contributed by atoms with Crippen LogP contribution in [0, 0.1) is 0 Å². The van der Waals surface area contributed by atoms with Crippen LogP contribution in [0.4, 0.5) is 5.82 Å². The predicted octanol–water partition coefficient (Wildman–Crippen LogP) is 3.87. The van der Waals surface area contributed by atoms with Gasteiger partial charge in [0.1, 0.15) is 10.6 Å². The second kappa shape index (κ2) is 6.15. The highest BCUT2D eigenvalue weighted by Crippen LogP contribution is 2.34. The first-order chi connectivity index (χ1) is 12.8. The van der Waals surface area contributed by atoms with Crippen molar-refractivity contribution in [2.24, 2.45) is 0 Å². The third-order valence-electron chi connectivity index (χ3n) is 3.96. The minimum absolute atomic E-state index is 0.263. The topological polar surface area (TPSA) is 74.1 Å². The summed E-state index contributed by atoms with van der Waals surface area (Å²) in [5.74, 6) is 2.73. The number of halogens is 1. The second-order valence-electron chi connectivity index (χ2n) is 5.63. The molecule has 0 fully saturated rings. The van der Waals surface area contributed by atoms with E-state index < -0.39 is 0 Å². The van der Waals surface area contributed by atoms with Gasteiger partial charge in [-0.15, -0.1) is 11.3 Å². The van der Waals surface area contributed by atoms with Gasteiger partial charge in [-0.05, 0) is 29.8 Å². The highest BCUT2D eigenvalue weighted by atomic mass is 35.5. The van der Waals surface area contributed by atoms with Gasteiger partial charge in [0.05, 0.1) is 9.72 Å². The van der Waals surface area contributed by atoms with E-state index in [9.17, 15) is 0 Å². The molecule has 7 nitrogen and oxygen atoms in total. The van der Waals surface area contributed by atoms with Gasteiger partial charge in [0, 0.05) is 18.9 Å². The van der Waals surface area contributed by atoms with Crippen LogP contribution in [0.5, 0.6) is 11.5 Å².